The van der Waals surface area contributed by atoms with Gasteiger partial charge >= 0.3 is 12.0 Å². The first-order valence-corrected chi connectivity index (χ1v) is 7.20. The molecule has 0 aromatic carbocycles. The molecule has 5 heteroatoms. The van der Waals surface area contributed by atoms with Gasteiger partial charge in [-0.1, -0.05) is 33.6 Å². The SMILES string of the molecule is CC1CCCC(NC(=O)N[C@@H](C(=O)O)C(C)C)CC1. The number of nitrogens with one attached hydrogen (secondary N) is 2. The van der Waals surface area contributed by atoms with Gasteiger partial charge in [-0.15, -0.1) is 0 Å². The first kappa shape index (κ1) is 15.8. The maximum absolute atomic E-state index is 11.8. The molecule has 2 amide bonds. The number of hydrogen-bond acceptors (Lipinski definition) is 2. The molecule has 0 bridgehead atoms. The van der Waals surface area contributed by atoms with E-state index in [0.717, 1.165) is 31.6 Å². The number of carbonyl (C=O) groups excluding carboxylic acids is 1. The highest BCUT2D eigenvalue weighted by Gasteiger charge is 2.25. The van der Waals surface area contributed by atoms with E-state index >= 15 is 0 Å². The van der Waals surface area contributed by atoms with Crippen molar-refractivity contribution in [1.82, 2.24) is 10.6 Å². The Morgan fingerprint density at radius 3 is 2.42 bits per heavy atom. The Morgan fingerprint density at radius 2 is 1.84 bits per heavy atom. The second-order valence-electron chi connectivity index (χ2n) is 5.99. The summed E-state index contributed by atoms with van der Waals surface area (Å²) < 4.78 is 0. The van der Waals surface area contributed by atoms with Gasteiger partial charge in [-0.3, -0.25) is 0 Å². The molecule has 0 aliphatic heterocycles. The maximum atomic E-state index is 11.8. The third-order valence-electron chi connectivity index (χ3n) is 3.81. The molecule has 0 saturated heterocycles. The Balaban J connectivity index is 2.43. The summed E-state index contributed by atoms with van der Waals surface area (Å²) in [6.07, 6.45) is 5.42. The average molecular weight is 270 g/mol. The molecular formula is C14H26N2O3. The first-order valence-electron chi connectivity index (χ1n) is 7.20. The normalized spacial score (nSPS) is 25.5. The summed E-state index contributed by atoms with van der Waals surface area (Å²) in [4.78, 5) is 22.9. The van der Waals surface area contributed by atoms with Crippen molar-refractivity contribution in [3.63, 3.8) is 0 Å². The van der Waals surface area contributed by atoms with Crippen molar-refractivity contribution >= 4 is 12.0 Å². The monoisotopic (exact) mass is 270 g/mol. The highest BCUT2D eigenvalue weighted by atomic mass is 16.4. The van der Waals surface area contributed by atoms with Crippen LogP contribution in [0.15, 0.2) is 0 Å². The number of aliphatic carboxylic acids is 1. The molecule has 0 aromatic rings. The molecule has 19 heavy (non-hydrogen) atoms. The standard InChI is InChI=1S/C14H26N2O3/c1-9(2)12(13(17)18)16-14(19)15-11-6-4-5-10(3)7-8-11/h9-12H,4-8H2,1-3H3,(H,17,18)(H2,15,16,19)/t10?,11?,12-/m1/s1. The molecule has 0 spiro atoms. The van der Waals surface area contributed by atoms with Crippen LogP contribution in [-0.4, -0.2) is 29.2 Å². The van der Waals surface area contributed by atoms with Crippen molar-refractivity contribution in [2.45, 2.75) is 65.0 Å². The van der Waals surface area contributed by atoms with Gasteiger partial charge in [0, 0.05) is 6.04 Å². The number of rotatable bonds is 4. The van der Waals surface area contributed by atoms with Gasteiger partial charge in [0.1, 0.15) is 6.04 Å². The molecule has 1 aliphatic carbocycles. The number of carboxylic acids is 1. The number of hydrogen-bond donors (Lipinski definition) is 3. The zero-order valence-electron chi connectivity index (χ0n) is 12.1. The fraction of sp³-hybridized carbons (Fsp3) is 0.857. The molecule has 110 valence electrons. The Bertz CT molecular complexity index is 318. The number of carbonyl (C=O) groups is 2. The van der Waals surface area contributed by atoms with Crippen LogP contribution < -0.4 is 10.6 Å². The highest BCUT2D eigenvalue weighted by Crippen LogP contribution is 2.22. The zero-order valence-corrected chi connectivity index (χ0v) is 12.1. The van der Waals surface area contributed by atoms with E-state index in [-0.39, 0.29) is 18.0 Å². The van der Waals surface area contributed by atoms with Crippen molar-refractivity contribution in [3.05, 3.63) is 0 Å². The lowest BCUT2D eigenvalue weighted by molar-refractivity contribution is -0.140. The third kappa shape index (κ3) is 5.49. The summed E-state index contributed by atoms with van der Waals surface area (Å²) in [6, 6.07) is -1.02. The molecule has 5 nitrogen and oxygen atoms in total. The molecule has 0 heterocycles. The molecule has 1 saturated carbocycles. The molecular weight excluding hydrogens is 244 g/mol. The summed E-state index contributed by atoms with van der Waals surface area (Å²) >= 11 is 0. The van der Waals surface area contributed by atoms with Gasteiger partial charge in [-0.05, 0) is 31.1 Å². The summed E-state index contributed by atoms with van der Waals surface area (Å²) in [6.45, 7) is 5.81. The van der Waals surface area contributed by atoms with Gasteiger partial charge in [-0.2, -0.15) is 0 Å². The summed E-state index contributed by atoms with van der Waals surface area (Å²) in [7, 11) is 0. The van der Waals surface area contributed by atoms with E-state index in [9.17, 15) is 9.59 Å². The Labute approximate surface area is 115 Å². The van der Waals surface area contributed by atoms with Crippen molar-refractivity contribution < 1.29 is 14.7 Å². The van der Waals surface area contributed by atoms with Crippen LogP contribution in [0, 0.1) is 11.8 Å². The van der Waals surface area contributed by atoms with Gasteiger partial charge in [0.15, 0.2) is 0 Å². The number of carboxylic acid groups (broad SMARTS) is 1. The minimum Gasteiger partial charge on any atom is -0.480 e. The summed E-state index contributed by atoms with van der Waals surface area (Å²) in [5.41, 5.74) is 0. The molecule has 1 aliphatic rings. The van der Waals surface area contributed by atoms with Crippen molar-refractivity contribution in [3.8, 4) is 0 Å². The van der Waals surface area contributed by atoms with E-state index in [1.54, 1.807) is 13.8 Å². The molecule has 3 atom stereocenters. The van der Waals surface area contributed by atoms with Gasteiger partial charge in [0.05, 0.1) is 0 Å². The van der Waals surface area contributed by atoms with Gasteiger partial charge < -0.3 is 15.7 Å². The zero-order chi connectivity index (χ0) is 14.4. The van der Waals surface area contributed by atoms with Crippen molar-refractivity contribution in [2.75, 3.05) is 0 Å². The fourth-order valence-electron chi connectivity index (χ4n) is 2.51. The summed E-state index contributed by atoms with van der Waals surface area (Å²) in [5.74, 6) is -0.394. The largest absolute Gasteiger partial charge is 0.480 e. The van der Waals surface area contributed by atoms with E-state index in [0.29, 0.717) is 0 Å². The van der Waals surface area contributed by atoms with Crippen LogP contribution in [-0.2, 0) is 4.79 Å². The van der Waals surface area contributed by atoms with Crippen LogP contribution in [0.1, 0.15) is 52.9 Å². The van der Waals surface area contributed by atoms with E-state index in [1.807, 2.05) is 0 Å². The van der Waals surface area contributed by atoms with Crippen LogP contribution in [0.4, 0.5) is 4.79 Å². The van der Waals surface area contributed by atoms with Crippen molar-refractivity contribution in [1.29, 1.82) is 0 Å². The smallest absolute Gasteiger partial charge is 0.326 e. The molecule has 1 fully saturated rings. The minimum absolute atomic E-state index is 0.127. The molecule has 2 unspecified atom stereocenters. The van der Waals surface area contributed by atoms with E-state index in [2.05, 4.69) is 17.6 Å². The van der Waals surface area contributed by atoms with Crippen LogP contribution in [0.25, 0.3) is 0 Å². The van der Waals surface area contributed by atoms with Crippen molar-refractivity contribution in [2.24, 2.45) is 11.8 Å². The summed E-state index contributed by atoms with van der Waals surface area (Å²) in [5, 5.41) is 14.5. The maximum Gasteiger partial charge on any atom is 0.326 e. The van der Waals surface area contributed by atoms with Gasteiger partial charge in [0.2, 0.25) is 0 Å². The molecule has 1 rings (SSSR count). The Morgan fingerprint density at radius 1 is 1.16 bits per heavy atom. The van der Waals surface area contributed by atoms with Crippen LogP contribution in [0.2, 0.25) is 0 Å². The lowest BCUT2D eigenvalue weighted by Gasteiger charge is -2.21. The lowest BCUT2D eigenvalue weighted by atomic mass is 10.0. The fourth-order valence-corrected chi connectivity index (χ4v) is 2.51. The van der Waals surface area contributed by atoms with Crippen LogP contribution >= 0.6 is 0 Å². The van der Waals surface area contributed by atoms with Gasteiger partial charge in [-0.25, -0.2) is 9.59 Å². The van der Waals surface area contributed by atoms with E-state index in [1.165, 1.54) is 6.42 Å². The van der Waals surface area contributed by atoms with Gasteiger partial charge in [0.25, 0.3) is 0 Å². The first-order chi connectivity index (χ1) is 8.90. The average Bonchev–Trinajstić information content (AvgIpc) is 2.50. The van der Waals surface area contributed by atoms with Crippen LogP contribution in [0.3, 0.4) is 0 Å². The lowest BCUT2D eigenvalue weighted by Crippen LogP contribution is -2.50. The van der Waals surface area contributed by atoms with Crippen LogP contribution in [0.5, 0.6) is 0 Å². The molecule has 0 aromatic heterocycles. The number of urea groups is 1. The van der Waals surface area contributed by atoms with E-state index in [4.69, 9.17) is 5.11 Å². The predicted molar refractivity (Wildman–Crippen MR) is 74.0 cm³/mol. The predicted octanol–water partition coefficient (Wildman–Crippen LogP) is 2.36. The number of amides is 2. The molecule has 0 radical (unpaired) electrons. The Hall–Kier alpha value is -1.26. The topological polar surface area (TPSA) is 78.4 Å². The second kappa shape index (κ2) is 7.36. The Kier molecular flexibility index (Phi) is 6.12. The van der Waals surface area contributed by atoms with E-state index < -0.39 is 12.0 Å². The third-order valence-corrected chi connectivity index (χ3v) is 3.81. The minimum atomic E-state index is -0.986. The highest BCUT2D eigenvalue weighted by molar-refractivity contribution is 5.82. The molecule has 3 N–H and O–H groups in total. The second-order valence-corrected chi connectivity index (χ2v) is 5.99. The quantitative estimate of drug-likeness (QED) is 0.686.